The number of aromatic nitrogens is 2. The number of fused-ring (bicyclic) bond motifs is 1. The largest absolute Gasteiger partial charge is 0.369 e. The number of nitrogens with zero attached hydrogens (tertiary/aromatic N) is 2. The second kappa shape index (κ2) is 3.96. The van der Waals surface area contributed by atoms with Gasteiger partial charge >= 0.3 is 0 Å². The summed E-state index contributed by atoms with van der Waals surface area (Å²) in [6, 6.07) is 5.70. The van der Waals surface area contributed by atoms with Gasteiger partial charge in [-0.2, -0.15) is 0 Å². The van der Waals surface area contributed by atoms with Gasteiger partial charge in [0.15, 0.2) is 9.84 Å². The molecule has 0 radical (unpaired) electrons. The van der Waals surface area contributed by atoms with Crippen LogP contribution in [0, 0.1) is 0 Å². The highest BCUT2D eigenvalue weighted by Gasteiger charge is 2.41. The molecule has 2 heterocycles. The SMILES string of the molecule is CC1(n2c(N)nc3ccc(Br)cc32)CCS(=O)(=O)C1. The number of sulfone groups is 1. The number of hydrogen-bond donors (Lipinski definition) is 1. The summed E-state index contributed by atoms with van der Waals surface area (Å²) in [5.74, 6) is 0.686. The van der Waals surface area contributed by atoms with E-state index in [0.717, 1.165) is 15.5 Å². The Hall–Kier alpha value is -1.08. The predicted molar refractivity (Wildman–Crippen MR) is 78.8 cm³/mol. The summed E-state index contributed by atoms with van der Waals surface area (Å²) >= 11 is 3.42. The molecule has 1 aromatic carbocycles. The van der Waals surface area contributed by atoms with Crippen LogP contribution < -0.4 is 5.73 Å². The zero-order valence-corrected chi connectivity index (χ0v) is 12.8. The molecule has 1 aromatic heterocycles. The Morgan fingerprint density at radius 3 is 2.84 bits per heavy atom. The van der Waals surface area contributed by atoms with Crippen LogP contribution in [0.3, 0.4) is 0 Å². The first kappa shape index (κ1) is 12.9. The van der Waals surface area contributed by atoms with Crippen LogP contribution in [0.25, 0.3) is 11.0 Å². The Balaban J connectivity index is 2.25. The minimum atomic E-state index is -2.99. The molecular weight excluding hydrogens is 330 g/mol. The molecule has 0 spiro atoms. The summed E-state index contributed by atoms with van der Waals surface area (Å²) in [5.41, 5.74) is 7.13. The fourth-order valence-corrected chi connectivity index (χ4v) is 5.27. The average molecular weight is 344 g/mol. The van der Waals surface area contributed by atoms with Gasteiger partial charge in [0, 0.05) is 4.47 Å². The Labute approximate surface area is 119 Å². The van der Waals surface area contributed by atoms with Crippen LogP contribution in [0.1, 0.15) is 13.3 Å². The van der Waals surface area contributed by atoms with Crippen molar-refractivity contribution in [1.29, 1.82) is 0 Å². The van der Waals surface area contributed by atoms with Gasteiger partial charge in [0.05, 0.1) is 28.1 Å². The molecule has 3 rings (SSSR count). The molecule has 5 nitrogen and oxygen atoms in total. The second-order valence-corrected chi connectivity index (χ2v) is 8.38. The van der Waals surface area contributed by atoms with E-state index in [1.54, 1.807) is 0 Å². The van der Waals surface area contributed by atoms with Crippen molar-refractivity contribution >= 4 is 42.7 Å². The smallest absolute Gasteiger partial charge is 0.201 e. The van der Waals surface area contributed by atoms with Gasteiger partial charge in [-0.05, 0) is 31.5 Å². The van der Waals surface area contributed by atoms with Crippen molar-refractivity contribution in [3.8, 4) is 0 Å². The van der Waals surface area contributed by atoms with E-state index in [4.69, 9.17) is 5.73 Å². The molecule has 1 aliphatic rings. The van der Waals surface area contributed by atoms with Crippen molar-refractivity contribution in [2.24, 2.45) is 0 Å². The summed E-state index contributed by atoms with van der Waals surface area (Å²) in [7, 11) is -2.99. The number of hydrogen-bond acceptors (Lipinski definition) is 4. The highest BCUT2D eigenvalue weighted by molar-refractivity contribution is 9.10. The molecule has 7 heteroatoms. The van der Waals surface area contributed by atoms with Crippen LogP contribution in [0.2, 0.25) is 0 Å². The normalized spacial score (nSPS) is 26.0. The van der Waals surface area contributed by atoms with Gasteiger partial charge in [-0.15, -0.1) is 0 Å². The van der Waals surface area contributed by atoms with Crippen LogP contribution >= 0.6 is 15.9 Å². The van der Waals surface area contributed by atoms with Crippen LogP contribution in [-0.4, -0.2) is 29.5 Å². The minimum absolute atomic E-state index is 0.113. The lowest BCUT2D eigenvalue weighted by atomic mass is 10.0. The molecule has 2 N–H and O–H groups in total. The molecule has 1 aliphatic heterocycles. The van der Waals surface area contributed by atoms with Crippen molar-refractivity contribution in [3.05, 3.63) is 22.7 Å². The lowest BCUT2D eigenvalue weighted by Crippen LogP contribution is -2.32. The van der Waals surface area contributed by atoms with E-state index in [-0.39, 0.29) is 11.5 Å². The Kier molecular flexibility index (Phi) is 2.69. The third-order valence-corrected chi connectivity index (χ3v) is 6.05. The van der Waals surface area contributed by atoms with Crippen molar-refractivity contribution in [2.75, 3.05) is 17.2 Å². The number of halogens is 1. The highest BCUT2D eigenvalue weighted by atomic mass is 79.9. The Bertz CT molecular complexity index is 769. The number of nitrogen functional groups attached to an aromatic ring is 1. The summed E-state index contributed by atoms with van der Waals surface area (Å²) < 4.78 is 26.3. The van der Waals surface area contributed by atoms with E-state index in [9.17, 15) is 8.42 Å². The number of imidazole rings is 1. The summed E-state index contributed by atoms with van der Waals surface area (Å²) in [4.78, 5) is 4.32. The van der Waals surface area contributed by atoms with Crippen LogP contribution in [0.4, 0.5) is 5.95 Å². The third-order valence-electron chi connectivity index (χ3n) is 3.66. The minimum Gasteiger partial charge on any atom is -0.369 e. The molecule has 1 saturated heterocycles. The molecular formula is C12H14BrN3O2S. The molecule has 2 aromatic rings. The monoisotopic (exact) mass is 343 g/mol. The van der Waals surface area contributed by atoms with Gasteiger partial charge < -0.3 is 10.3 Å². The number of rotatable bonds is 1. The highest BCUT2D eigenvalue weighted by Crippen LogP contribution is 2.36. The zero-order valence-electron chi connectivity index (χ0n) is 10.4. The van der Waals surface area contributed by atoms with Gasteiger partial charge in [-0.25, -0.2) is 13.4 Å². The van der Waals surface area contributed by atoms with Crippen molar-refractivity contribution in [3.63, 3.8) is 0 Å². The quantitative estimate of drug-likeness (QED) is 0.857. The summed E-state index contributed by atoms with van der Waals surface area (Å²) in [6.45, 7) is 1.93. The molecule has 1 unspecified atom stereocenters. The lowest BCUT2D eigenvalue weighted by Gasteiger charge is -2.26. The summed E-state index contributed by atoms with van der Waals surface area (Å²) in [5, 5.41) is 0. The summed E-state index contributed by atoms with van der Waals surface area (Å²) in [6.07, 6.45) is 0.567. The fourth-order valence-electron chi connectivity index (χ4n) is 2.80. The standard InChI is InChI=1S/C12H14BrN3O2S/c1-12(4-5-19(17,18)7-12)16-10-6-8(13)2-3-9(10)15-11(16)14/h2-3,6H,4-5,7H2,1H3,(H2,14,15). The Morgan fingerprint density at radius 2 is 2.21 bits per heavy atom. The van der Waals surface area contributed by atoms with E-state index in [1.807, 2.05) is 29.7 Å². The molecule has 1 fully saturated rings. The molecule has 0 aliphatic carbocycles. The average Bonchev–Trinajstić information content (AvgIpc) is 2.75. The topological polar surface area (TPSA) is 78.0 Å². The second-order valence-electron chi connectivity index (χ2n) is 5.28. The van der Waals surface area contributed by atoms with Crippen molar-refractivity contribution < 1.29 is 8.42 Å². The molecule has 0 saturated carbocycles. The van der Waals surface area contributed by atoms with Crippen LogP contribution in [0.5, 0.6) is 0 Å². The van der Waals surface area contributed by atoms with Crippen LogP contribution in [-0.2, 0) is 15.4 Å². The van der Waals surface area contributed by atoms with Gasteiger partial charge in [-0.3, -0.25) is 0 Å². The van der Waals surface area contributed by atoms with E-state index < -0.39 is 15.4 Å². The van der Waals surface area contributed by atoms with E-state index in [1.165, 1.54) is 0 Å². The predicted octanol–water partition coefficient (Wildman–Crippen LogP) is 1.91. The number of nitrogens with two attached hydrogens (primary N) is 1. The van der Waals surface area contributed by atoms with Crippen molar-refractivity contribution in [1.82, 2.24) is 9.55 Å². The van der Waals surface area contributed by atoms with Gasteiger partial charge in [0.1, 0.15) is 0 Å². The zero-order chi connectivity index (χ0) is 13.8. The third kappa shape index (κ3) is 2.04. The lowest BCUT2D eigenvalue weighted by molar-refractivity contribution is 0.381. The van der Waals surface area contributed by atoms with Gasteiger partial charge in [-0.1, -0.05) is 15.9 Å². The molecule has 0 bridgehead atoms. The van der Waals surface area contributed by atoms with Crippen molar-refractivity contribution in [2.45, 2.75) is 18.9 Å². The van der Waals surface area contributed by atoms with Crippen LogP contribution in [0.15, 0.2) is 22.7 Å². The maximum absolute atomic E-state index is 11.8. The first-order valence-electron chi connectivity index (χ1n) is 5.95. The van der Waals surface area contributed by atoms with Gasteiger partial charge in [0.2, 0.25) is 5.95 Å². The van der Waals surface area contributed by atoms with Gasteiger partial charge in [0.25, 0.3) is 0 Å². The first-order chi connectivity index (χ1) is 8.81. The molecule has 1 atom stereocenters. The maximum Gasteiger partial charge on any atom is 0.201 e. The molecule has 102 valence electrons. The Morgan fingerprint density at radius 1 is 1.47 bits per heavy atom. The molecule has 0 amide bonds. The molecule has 19 heavy (non-hydrogen) atoms. The number of anilines is 1. The van der Waals surface area contributed by atoms with E-state index in [2.05, 4.69) is 20.9 Å². The fraction of sp³-hybridized carbons (Fsp3) is 0.417. The first-order valence-corrected chi connectivity index (χ1v) is 8.57. The van der Waals surface area contributed by atoms with E-state index >= 15 is 0 Å². The number of benzene rings is 1. The maximum atomic E-state index is 11.8. The van der Waals surface area contributed by atoms with E-state index in [0.29, 0.717) is 12.4 Å².